The van der Waals surface area contributed by atoms with Gasteiger partial charge in [-0.3, -0.25) is 0 Å². The minimum absolute atomic E-state index is 0.291. The van der Waals surface area contributed by atoms with E-state index in [9.17, 15) is 8.42 Å². The molecule has 2 aromatic rings. The minimum atomic E-state index is -3.17. The van der Waals surface area contributed by atoms with Crippen LogP contribution in [0.1, 0.15) is 37.4 Å². The normalized spacial score (nSPS) is 16.6. The quantitative estimate of drug-likeness (QED) is 0.805. The molecule has 0 aliphatic carbocycles. The monoisotopic (exact) mass is 388 g/mol. The van der Waals surface area contributed by atoms with Gasteiger partial charge >= 0.3 is 0 Å². The Bertz CT molecular complexity index is 898. The first-order valence-corrected chi connectivity index (χ1v) is 11.3. The average molecular weight is 389 g/mol. The van der Waals surface area contributed by atoms with Crippen LogP contribution in [0.5, 0.6) is 0 Å². The zero-order valence-corrected chi connectivity index (χ0v) is 17.3. The summed E-state index contributed by atoms with van der Waals surface area (Å²) in [6, 6.07) is 9.98. The maximum atomic E-state index is 11.9. The second-order valence-electron chi connectivity index (χ2n) is 7.39. The van der Waals surface area contributed by atoms with Crippen LogP contribution >= 0.6 is 0 Å². The standard InChI is InChI=1S/C20H28N4O2S/c1-15(2)18-16(3)21-19(17-9-6-5-7-10-17)22-20(18)23-11-8-12-24(14-13-23)27(4,25)26/h5-7,9-10,15H,8,11-14H2,1-4H3. The molecule has 0 unspecified atom stereocenters. The van der Waals surface area contributed by atoms with Gasteiger partial charge in [-0.15, -0.1) is 0 Å². The van der Waals surface area contributed by atoms with Crippen molar-refractivity contribution in [3.05, 3.63) is 41.6 Å². The third kappa shape index (κ3) is 4.47. The van der Waals surface area contributed by atoms with Gasteiger partial charge in [0, 0.05) is 43.0 Å². The number of aromatic nitrogens is 2. The highest BCUT2D eigenvalue weighted by molar-refractivity contribution is 7.88. The number of sulfonamides is 1. The Labute approximate surface area is 162 Å². The van der Waals surface area contributed by atoms with Crippen LogP contribution < -0.4 is 4.90 Å². The Balaban J connectivity index is 2.01. The molecule has 0 bridgehead atoms. The van der Waals surface area contributed by atoms with Crippen molar-refractivity contribution in [2.75, 3.05) is 37.3 Å². The minimum Gasteiger partial charge on any atom is -0.355 e. The van der Waals surface area contributed by atoms with Crippen molar-refractivity contribution < 1.29 is 8.42 Å². The molecule has 7 heteroatoms. The van der Waals surface area contributed by atoms with Gasteiger partial charge in [-0.1, -0.05) is 44.2 Å². The lowest BCUT2D eigenvalue weighted by molar-refractivity contribution is 0.437. The van der Waals surface area contributed by atoms with Crippen molar-refractivity contribution in [3.63, 3.8) is 0 Å². The number of benzene rings is 1. The van der Waals surface area contributed by atoms with Gasteiger partial charge in [0.1, 0.15) is 5.82 Å². The molecule has 0 saturated carbocycles. The van der Waals surface area contributed by atoms with E-state index in [1.54, 1.807) is 4.31 Å². The molecule has 6 nitrogen and oxygen atoms in total. The Morgan fingerprint density at radius 3 is 2.33 bits per heavy atom. The van der Waals surface area contributed by atoms with Crippen LogP contribution in [0.3, 0.4) is 0 Å². The number of aryl methyl sites for hydroxylation is 1. The number of hydrogen-bond donors (Lipinski definition) is 0. The van der Waals surface area contributed by atoms with Crippen LogP contribution in [-0.4, -0.2) is 55.1 Å². The van der Waals surface area contributed by atoms with E-state index in [-0.39, 0.29) is 0 Å². The Morgan fingerprint density at radius 1 is 1.00 bits per heavy atom. The fraction of sp³-hybridized carbons (Fsp3) is 0.500. The van der Waals surface area contributed by atoms with Crippen LogP contribution in [0.4, 0.5) is 5.82 Å². The molecule has 0 spiro atoms. The summed E-state index contributed by atoms with van der Waals surface area (Å²) in [4.78, 5) is 11.9. The first-order chi connectivity index (χ1) is 12.8. The first kappa shape index (κ1) is 19.8. The van der Waals surface area contributed by atoms with Gasteiger partial charge in [0.15, 0.2) is 5.82 Å². The van der Waals surface area contributed by atoms with Crippen LogP contribution in [-0.2, 0) is 10.0 Å². The van der Waals surface area contributed by atoms with E-state index in [0.29, 0.717) is 25.6 Å². The van der Waals surface area contributed by atoms with Gasteiger partial charge in [0.05, 0.1) is 6.26 Å². The van der Waals surface area contributed by atoms with E-state index in [1.807, 2.05) is 37.3 Å². The van der Waals surface area contributed by atoms with Gasteiger partial charge in [0.2, 0.25) is 10.0 Å². The van der Waals surface area contributed by atoms with Crippen LogP contribution in [0.15, 0.2) is 30.3 Å². The SMILES string of the molecule is Cc1nc(-c2ccccc2)nc(N2CCCN(S(C)(=O)=O)CC2)c1C(C)C. The largest absolute Gasteiger partial charge is 0.355 e. The molecule has 1 aromatic carbocycles. The van der Waals surface area contributed by atoms with Crippen LogP contribution in [0.25, 0.3) is 11.4 Å². The summed E-state index contributed by atoms with van der Waals surface area (Å²) in [5.41, 5.74) is 3.12. The van der Waals surface area contributed by atoms with Gasteiger partial charge in [-0.25, -0.2) is 22.7 Å². The second kappa shape index (κ2) is 7.94. The lowest BCUT2D eigenvalue weighted by Gasteiger charge is -2.27. The Morgan fingerprint density at radius 2 is 1.70 bits per heavy atom. The third-order valence-corrected chi connectivity index (χ3v) is 6.25. The molecule has 1 aliphatic heterocycles. The van der Waals surface area contributed by atoms with Crippen LogP contribution in [0.2, 0.25) is 0 Å². The summed E-state index contributed by atoms with van der Waals surface area (Å²) in [6.45, 7) is 8.81. The molecule has 1 fully saturated rings. The van der Waals surface area contributed by atoms with E-state index in [0.717, 1.165) is 41.4 Å². The van der Waals surface area contributed by atoms with E-state index < -0.39 is 10.0 Å². The predicted molar refractivity (Wildman–Crippen MR) is 110 cm³/mol. The molecule has 0 N–H and O–H groups in total. The molecule has 2 heterocycles. The van der Waals surface area contributed by atoms with Crippen LogP contribution in [0, 0.1) is 6.92 Å². The van der Waals surface area contributed by atoms with E-state index in [4.69, 9.17) is 9.97 Å². The van der Waals surface area contributed by atoms with Crippen molar-refractivity contribution in [3.8, 4) is 11.4 Å². The average Bonchev–Trinajstić information content (AvgIpc) is 2.87. The smallest absolute Gasteiger partial charge is 0.211 e. The molecular formula is C20H28N4O2S. The molecule has 0 atom stereocenters. The highest BCUT2D eigenvalue weighted by Crippen LogP contribution is 2.31. The molecule has 1 aliphatic rings. The molecule has 146 valence electrons. The number of nitrogens with zero attached hydrogens (tertiary/aromatic N) is 4. The first-order valence-electron chi connectivity index (χ1n) is 9.41. The molecule has 0 radical (unpaired) electrons. The van der Waals surface area contributed by atoms with E-state index in [2.05, 4.69) is 18.7 Å². The molecule has 1 saturated heterocycles. The summed E-state index contributed by atoms with van der Waals surface area (Å²) in [5.74, 6) is 1.95. The molecule has 1 aromatic heterocycles. The fourth-order valence-electron chi connectivity index (χ4n) is 3.64. The van der Waals surface area contributed by atoms with Crippen molar-refractivity contribution in [2.24, 2.45) is 0 Å². The number of anilines is 1. The zero-order chi connectivity index (χ0) is 19.6. The van der Waals surface area contributed by atoms with Gasteiger partial charge in [-0.05, 0) is 19.3 Å². The van der Waals surface area contributed by atoms with E-state index in [1.165, 1.54) is 6.26 Å². The lowest BCUT2D eigenvalue weighted by atomic mass is 10.0. The summed E-state index contributed by atoms with van der Waals surface area (Å²) < 4.78 is 25.4. The maximum absolute atomic E-state index is 11.9. The Kier molecular flexibility index (Phi) is 5.81. The molecule has 0 amide bonds. The topological polar surface area (TPSA) is 66.4 Å². The molecule has 3 rings (SSSR count). The summed E-state index contributed by atoms with van der Waals surface area (Å²) >= 11 is 0. The zero-order valence-electron chi connectivity index (χ0n) is 16.5. The highest BCUT2D eigenvalue weighted by atomic mass is 32.2. The highest BCUT2D eigenvalue weighted by Gasteiger charge is 2.25. The van der Waals surface area contributed by atoms with Crippen molar-refractivity contribution >= 4 is 15.8 Å². The van der Waals surface area contributed by atoms with Gasteiger partial charge in [0.25, 0.3) is 0 Å². The molecule has 27 heavy (non-hydrogen) atoms. The van der Waals surface area contributed by atoms with Crippen molar-refractivity contribution in [2.45, 2.75) is 33.1 Å². The van der Waals surface area contributed by atoms with Gasteiger partial charge in [-0.2, -0.15) is 0 Å². The number of rotatable bonds is 4. The predicted octanol–water partition coefficient (Wildman–Crippen LogP) is 3.05. The number of hydrogen-bond acceptors (Lipinski definition) is 5. The summed E-state index contributed by atoms with van der Waals surface area (Å²) in [6.07, 6.45) is 2.07. The summed E-state index contributed by atoms with van der Waals surface area (Å²) in [5, 5.41) is 0. The third-order valence-electron chi connectivity index (χ3n) is 4.95. The fourth-order valence-corrected chi connectivity index (χ4v) is 4.51. The van der Waals surface area contributed by atoms with Gasteiger partial charge < -0.3 is 4.90 Å². The van der Waals surface area contributed by atoms with Crippen molar-refractivity contribution in [1.82, 2.24) is 14.3 Å². The second-order valence-corrected chi connectivity index (χ2v) is 9.38. The summed E-state index contributed by atoms with van der Waals surface area (Å²) in [7, 11) is -3.17. The molecular weight excluding hydrogens is 360 g/mol. The van der Waals surface area contributed by atoms with Crippen molar-refractivity contribution in [1.29, 1.82) is 0 Å². The Hall–Kier alpha value is -1.99. The maximum Gasteiger partial charge on any atom is 0.211 e. The lowest BCUT2D eigenvalue weighted by Crippen LogP contribution is -2.35. The van der Waals surface area contributed by atoms with E-state index >= 15 is 0 Å².